The Morgan fingerprint density at radius 2 is 0.676 bits per heavy atom. The minimum absolute atomic E-state index is 0. The van der Waals surface area contributed by atoms with E-state index in [0.29, 0.717) is 176 Å². The number of benzene rings is 10. The van der Waals surface area contributed by atoms with Crippen molar-refractivity contribution in [3.63, 3.8) is 0 Å². The number of carbonyl (C=O) groups excluding carboxylic acids is 6. The van der Waals surface area contributed by atoms with Crippen LogP contribution in [0.5, 0.6) is 34.5 Å². The third kappa shape index (κ3) is 26.2. The Hall–Kier alpha value is -9.71. The van der Waals surface area contributed by atoms with E-state index in [9.17, 15) is 28.8 Å². The molecule has 0 saturated heterocycles. The van der Waals surface area contributed by atoms with Crippen molar-refractivity contribution in [2.24, 2.45) is 0 Å². The number of ketones is 2. The fraction of sp³-hybridized carbons (Fsp3) is 0.400. The molecular formula is C115H134N9O18Y3-3. The second-order valence-corrected chi connectivity index (χ2v) is 37.2. The van der Waals surface area contributed by atoms with Gasteiger partial charge in [0.2, 0.25) is 0 Å². The number of fused-ring (bicyclic) bond motifs is 16. The van der Waals surface area contributed by atoms with Crippen LogP contribution >= 0.6 is 0 Å². The molecule has 0 spiro atoms. The molecule has 3 radical (unpaired) electrons. The summed E-state index contributed by atoms with van der Waals surface area (Å²) in [7, 11) is 12.4. The van der Waals surface area contributed by atoms with Crippen molar-refractivity contribution in [1.82, 2.24) is 0 Å². The first kappa shape index (κ1) is 112. The molecule has 18 rings (SSSR count). The molecule has 759 valence electrons. The van der Waals surface area contributed by atoms with E-state index < -0.39 is 0 Å². The van der Waals surface area contributed by atoms with Crippen molar-refractivity contribution in [3.8, 4) is 34.5 Å². The molecule has 0 unspecified atom stereocenters. The van der Waals surface area contributed by atoms with Crippen LogP contribution in [0.2, 0.25) is 0 Å². The van der Waals surface area contributed by atoms with Crippen LogP contribution in [0.4, 0.5) is 51.2 Å². The van der Waals surface area contributed by atoms with Gasteiger partial charge in [-0.15, -0.1) is 0 Å². The van der Waals surface area contributed by atoms with Gasteiger partial charge in [0.25, 0.3) is 23.6 Å². The van der Waals surface area contributed by atoms with Gasteiger partial charge in [-0.05, 0) is 239 Å². The summed E-state index contributed by atoms with van der Waals surface area (Å²) < 4.78 is 72.1. The van der Waals surface area contributed by atoms with E-state index in [1.807, 2.05) is 180 Å². The molecule has 145 heavy (non-hydrogen) atoms. The molecule has 4 amide bonds. The van der Waals surface area contributed by atoms with E-state index in [0.717, 1.165) is 151 Å². The number of methoxy groups -OCH3 is 4. The number of hydrogen-bond acceptors (Lipinski definition) is 23. The predicted molar refractivity (Wildman–Crippen MR) is 555 cm³/mol. The Balaban J connectivity index is 0.000000236. The molecule has 0 N–H and O–H groups in total. The first-order valence-corrected chi connectivity index (χ1v) is 49.4. The molecule has 4 atom stereocenters. The maximum absolute atomic E-state index is 14.3. The number of carbonyl (C=O) groups is 6. The number of likely N-dealkylation sites (N-methyl/N-ethyl adjacent to an activating group) is 3. The maximum Gasteiger partial charge on any atom is 0.258 e. The third-order valence-electron chi connectivity index (χ3n) is 27.8. The molecule has 10 aromatic rings. The van der Waals surface area contributed by atoms with E-state index in [2.05, 4.69) is 102 Å². The largest absolute Gasteiger partial charge is 0.522 e. The number of Topliss-reactive ketones (excluding diaryl/α,β-unsaturated/α-hetero) is 2. The molecule has 10 aromatic carbocycles. The summed E-state index contributed by atoms with van der Waals surface area (Å²) in [5.74, 6) is 3.63. The van der Waals surface area contributed by atoms with Gasteiger partial charge < -0.3 is 101 Å². The molecule has 27 nitrogen and oxygen atoms in total. The normalized spacial score (nSPS) is 16.2. The summed E-state index contributed by atoms with van der Waals surface area (Å²) in [4.78, 5) is 100. The Morgan fingerprint density at radius 1 is 0.352 bits per heavy atom. The number of aryl methyl sites for hydroxylation is 3. The molecule has 0 fully saturated rings. The summed E-state index contributed by atoms with van der Waals surface area (Å²) in [6, 6.07) is 60.3. The number of ether oxygens (including phenoxy) is 12. The van der Waals surface area contributed by atoms with Crippen LogP contribution in [0.15, 0.2) is 182 Å². The molecule has 30 heteroatoms. The second kappa shape index (κ2) is 52.9. The monoisotopic (exact) mass is 2200 g/mol. The zero-order chi connectivity index (χ0) is 98.3. The van der Waals surface area contributed by atoms with Gasteiger partial charge >= 0.3 is 0 Å². The molecule has 8 heterocycles. The van der Waals surface area contributed by atoms with Crippen molar-refractivity contribution < 1.29 is 184 Å². The molecule has 0 aliphatic carbocycles. The summed E-state index contributed by atoms with van der Waals surface area (Å²) >= 11 is 0. The van der Waals surface area contributed by atoms with Crippen LogP contribution in [0, 0.1) is 33.5 Å². The zero-order valence-corrected chi connectivity index (χ0v) is 93.2. The summed E-state index contributed by atoms with van der Waals surface area (Å²) in [6.45, 7) is 22.2. The van der Waals surface area contributed by atoms with Gasteiger partial charge in [0.15, 0.2) is 23.0 Å². The first-order valence-electron chi connectivity index (χ1n) is 49.4. The molecule has 8 aliphatic rings. The van der Waals surface area contributed by atoms with Crippen molar-refractivity contribution in [2.75, 3.05) is 186 Å². The van der Waals surface area contributed by atoms with Crippen LogP contribution in [0.25, 0.3) is 0 Å². The summed E-state index contributed by atoms with van der Waals surface area (Å²) in [5, 5.41) is 0. The van der Waals surface area contributed by atoms with Crippen LogP contribution in [-0.4, -0.2) is 201 Å². The number of rotatable bonds is 44. The van der Waals surface area contributed by atoms with E-state index in [-0.39, 0.29) is 191 Å². The average molecular weight is 2200 g/mol. The minimum Gasteiger partial charge on any atom is -0.522 e. The Morgan fingerprint density at radius 3 is 1.06 bits per heavy atom. The average Bonchev–Trinajstić information content (AvgIpc) is 1.58. The van der Waals surface area contributed by atoms with Crippen molar-refractivity contribution in [2.45, 2.75) is 163 Å². The standard InChI is InChI=1S/C57H65N5O9.C57H65N4O9.CH4.3Y/c1-7-46(63)15-12-18-60(19-20-68-23-24-69-22-21-66-5)43-27-39(36-70-53-32-51-47(25-38(53)2)56(64)61-44(34-58(51)3)29-41-13-8-10-16-49(41)61)26-40(28-43)37-71-55-33-52-48(31-54(55)67-6)57(65)62-45(35-59(52)4)30-42-14-9-11-17-50(42)62;1-6-47(62)14-11-19-59(20-21-67-24-25-68-23-22-65-4)45-28-39(36-69-53-32-41-17-18-44-30-42-12-7-9-15-50(42)60(44)56(63)48(41)26-38(53)2)27-40(29-45)37-70-55-34-52-49(33-54(55)66-5)57(64)61-46(35-58(52)3)31-43-13-8-10-16-51(43)61;;;;/h8-11,13-14,16-17,25-28,31-35,44-45H,7,12,15,18-24,29-30,36-37H2,1-6H3;7-10,12-13,15-16,26-29,32-35,44,46H,6,11,14,17-25,30-31,36-37H2,1-5H3;1H4;;;/q-2;-1;;;;/t44-,45-;44-,46+;;;;/m01..../s1. The molecule has 0 saturated carbocycles. The van der Waals surface area contributed by atoms with Crippen LogP contribution in [0.3, 0.4) is 0 Å². The van der Waals surface area contributed by atoms with Crippen LogP contribution < -0.4 is 72.5 Å². The van der Waals surface area contributed by atoms with Gasteiger partial charge in [0.1, 0.15) is 49.5 Å². The Bertz CT molecular complexity index is 6210. The third-order valence-corrected chi connectivity index (χ3v) is 27.8. The van der Waals surface area contributed by atoms with E-state index in [4.69, 9.17) is 56.8 Å². The topological polar surface area (TPSA) is 242 Å². The number of amides is 4. The van der Waals surface area contributed by atoms with Gasteiger partial charge in [-0.2, -0.15) is 0 Å². The smallest absolute Gasteiger partial charge is 0.258 e. The van der Waals surface area contributed by atoms with Gasteiger partial charge in [0.05, 0.1) is 97.0 Å². The second-order valence-electron chi connectivity index (χ2n) is 37.2. The van der Waals surface area contributed by atoms with E-state index in [1.54, 1.807) is 40.6 Å². The van der Waals surface area contributed by atoms with Gasteiger partial charge in [0, 0.05) is 245 Å². The quantitative estimate of drug-likeness (QED) is 0.0254. The number of hydrogen-bond donors (Lipinski definition) is 0. The fourth-order valence-corrected chi connectivity index (χ4v) is 20.5. The molecular weight excluding hydrogens is 2060 g/mol. The van der Waals surface area contributed by atoms with Crippen molar-refractivity contribution in [1.29, 1.82) is 0 Å². The molecule has 0 bridgehead atoms. The number of anilines is 9. The van der Waals surface area contributed by atoms with Crippen LogP contribution in [0.1, 0.15) is 169 Å². The SMILES string of the molecule is C.CCC(=O)CCCN(CCOCCOCCOC)c1cc(COc2cc3c(cc2C)C(=O)N2c4ccccc4C[C@H]2CC3)cc(COc2cc3c(cc2OC)C(=O)N2c4ccccc4C[C@H]2[CH-]N3C)c1.CCC(=O)CCCN(CCOCCOCCOC)c1cc(COc2cc3c(cc2C)C(=O)N2c4ccccc4C[C@H]2[CH-]N3C)cc(COc2cc3c(cc2OC)C(=O)N2c4ccccc4C[C@H]2[CH-]N3C)c1.[Y].[Y].[Y]. The number of para-hydroxylation sites is 4. The summed E-state index contributed by atoms with van der Waals surface area (Å²) in [6.07, 6.45) is 8.10. The van der Waals surface area contributed by atoms with Crippen LogP contribution in [-0.2, 0) is 195 Å². The Kier molecular flexibility index (Phi) is 41.1. The number of nitrogens with zero attached hydrogens (tertiary/aromatic N) is 9. The van der Waals surface area contributed by atoms with Gasteiger partial charge in [-0.25, -0.2) is 19.6 Å². The Labute approximate surface area is 929 Å². The predicted octanol–water partition coefficient (Wildman–Crippen LogP) is 18.5. The minimum atomic E-state index is -0.120. The summed E-state index contributed by atoms with van der Waals surface area (Å²) in [5.41, 5.74) is 21.4. The van der Waals surface area contributed by atoms with Crippen molar-refractivity contribution >= 4 is 86.4 Å². The van der Waals surface area contributed by atoms with Gasteiger partial charge in [-0.3, -0.25) is 28.8 Å². The first-order chi connectivity index (χ1) is 68.7. The van der Waals surface area contributed by atoms with Crippen molar-refractivity contribution in [3.05, 3.63) is 285 Å². The molecule has 8 aliphatic heterocycles. The van der Waals surface area contributed by atoms with E-state index in [1.165, 1.54) is 11.1 Å². The molecule has 0 aromatic heterocycles. The maximum atomic E-state index is 14.3. The van der Waals surface area contributed by atoms with E-state index >= 15 is 0 Å². The zero-order valence-electron chi connectivity index (χ0n) is 84.7. The van der Waals surface area contributed by atoms with Gasteiger partial charge in [-0.1, -0.05) is 112 Å². The fourth-order valence-electron chi connectivity index (χ4n) is 20.5.